The molecule has 0 aliphatic heterocycles. The largest absolute Gasteiger partial charge is 0.375 e. The van der Waals surface area contributed by atoms with Gasteiger partial charge in [-0.25, -0.2) is 0 Å². The van der Waals surface area contributed by atoms with Gasteiger partial charge in [-0.1, -0.05) is 40.0 Å². The normalized spacial score (nSPS) is 23.1. The van der Waals surface area contributed by atoms with Gasteiger partial charge in [0, 0.05) is 0 Å². The molecule has 1 heteroatoms. The van der Waals surface area contributed by atoms with Crippen LogP contribution in [0.1, 0.15) is 59.8 Å². The summed E-state index contributed by atoms with van der Waals surface area (Å²) in [4.78, 5) is 0. The van der Waals surface area contributed by atoms with Gasteiger partial charge in [0.15, 0.2) is 0 Å². The standard InChI is InChI=1S/C12H24O/c1-10(12(2,3)4)13-11-8-6-5-7-9-11/h10-11H,5-9H2,1-4H3. The highest BCUT2D eigenvalue weighted by molar-refractivity contribution is 4.73. The molecular weight excluding hydrogens is 160 g/mol. The number of rotatable bonds is 2. The third kappa shape index (κ3) is 3.68. The second-order valence-corrected chi connectivity index (χ2v) is 5.40. The average Bonchev–Trinajstić information content (AvgIpc) is 2.04. The Balaban J connectivity index is 2.30. The third-order valence-corrected chi connectivity index (χ3v) is 3.17. The molecule has 1 aliphatic carbocycles. The van der Waals surface area contributed by atoms with Gasteiger partial charge in [0.1, 0.15) is 0 Å². The van der Waals surface area contributed by atoms with Crippen LogP contribution in [0, 0.1) is 5.41 Å². The first-order valence-electron chi connectivity index (χ1n) is 5.65. The number of hydrogen-bond acceptors (Lipinski definition) is 1. The molecule has 0 bridgehead atoms. The van der Waals surface area contributed by atoms with Crippen LogP contribution in [0.15, 0.2) is 0 Å². The minimum absolute atomic E-state index is 0.289. The second kappa shape index (κ2) is 4.45. The van der Waals surface area contributed by atoms with Gasteiger partial charge in [0.2, 0.25) is 0 Å². The Bertz CT molecular complexity index is 140. The van der Waals surface area contributed by atoms with Crippen LogP contribution < -0.4 is 0 Å². The van der Waals surface area contributed by atoms with Crippen molar-refractivity contribution < 1.29 is 4.74 Å². The van der Waals surface area contributed by atoms with Crippen molar-refractivity contribution in [3.05, 3.63) is 0 Å². The van der Waals surface area contributed by atoms with Crippen LogP contribution in [0.25, 0.3) is 0 Å². The Labute approximate surface area is 82.9 Å². The highest BCUT2D eigenvalue weighted by Gasteiger charge is 2.24. The van der Waals surface area contributed by atoms with E-state index < -0.39 is 0 Å². The lowest BCUT2D eigenvalue weighted by atomic mass is 9.89. The molecule has 1 atom stereocenters. The van der Waals surface area contributed by atoms with Crippen molar-refractivity contribution in [2.75, 3.05) is 0 Å². The second-order valence-electron chi connectivity index (χ2n) is 5.40. The molecule has 13 heavy (non-hydrogen) atoms. The topological polar surface area (TPSA) is 9.23 Å². The molecule has 0 aromatic carbocycles. The van der Waals surface area contributed by atoms with Crippen molar-refractivity contribution in [1.29, 1.82) is 0 Å². The van der Waals surface area contributed by atoms with Crippen LogP contribution in [0.4, 0.5) is 0 Å². The summed E-state index contributed by atoms with van der Waals surface area (Å²) in [6.07, 6.45) is 7.62. The molecule has 1 aliphatic rings. The van der Waals surface area contributed by atoms with Crippen LogP contribution in [0.2, 0.25) is 0 Å². The van der Waals surface area contributed by atoms with Crippen molar-refractivity contribution in [2.45, 2.75) is 72.0 Å². The van der Waals surface area contributed by atoms with Crippen LogP contribution in [0.3, 0.4) is 0 Å². The maximum atomic E-state index is 6.06. The van der Waals surface area contributed by atoms with Gasteiger partial charge in [0.25, 0.3) is 0 Å². The highest BCUT2D eigenvalue weighted by Crippen LogP contribution is 2.27. The first kappa shape index (κ1) is 11.0. The maximum Gasteiger partial charge on any atom is 0.0599 e. The number of ether oxygens (including phenoxy) is 1. The van der Waals surface area contributed by atoms with Crippen molar-refractivity contribution in [3.8, 4) is 0 Å². The Kier molecular flexibility index (Phi) is 3.78. The summed E-state index contributed by atoms with van der Waals surface area (Å²) in [5, 5.41) is 0. The molecule has 1 rings (SSSR count). The zero-order valence-corrected chi connectivity index (χ0v) is 9.60. The molecule has 1 unspecified atom stereocenters. The monoisotopic (exact) mass is 184 g/mol. The van der Waals surface area contributed by atoms with Crippen LogP contribution in [0.5, 0.6) is 0 Å². The van der Waals surface area contributed by atoms with Crippen LogP contribution >= 0.6 is 0 Å². The van der Waals surface area contributed by atoms with E-state index in [4.69, 9.17) is 4.74 Å². The van der Waals surface area contributed by atoms with Crippen LogP contribution in [-0.4, -0.2) is 12.2 Å². The fraction of sp³-hybridized carbons (Fsp3) is 1.00. The van der Waals surface area contributed by atoms with Gasteiger partial charge in [-0.05, 0) is 25.2 Å². The zero-order chi connectivity index (χ0) is 9.90. The molecule has 1 fully saturated rings. The van der Waals surface area contributed by atoms with Gasteiger partial charge in [-0.3, -0.25) is 0 Å². The van der Waals surface area contributed by atoms with Gasteiger partial charge >= 0.3 is 0 Å². The highest BCUT2D eigenvalue weighted by atomic mass is 16.5. The SMILES string of the molecule is CC(OC1CCCCC1)C(C)(C)C. The van der Waals surface area contributed by atoms with E-state index in [1.807, 2.05) is 0 Å². The predicted octanol–water partition coefficient (Wildman–Crippen LogP) is 3.77. The van der Waals surface area contributed by atoms with Crippen molar-refractivity contribution in [2.24, 2.45) is 5.41 Å². The zero-order valence-electron chi connectivity index (χ0n) is 9.60. The summed E-state index contributed by atoms with van der Waals surface area (Å²) < 4.78 is 6.06. The summed E-state index contributed by atoms with van der Waals surface area (Å²) in [6.45, 7) is 8.95. The molecule has 0 heterocycles. The van der Waals surface area contributed by atoms with Crippen LogP contribution in [-0.2, 0) is 4.74 Å². The molecule has 1 saturated carbocycles. The Morgan fingerprint density at radius 3 is 2.08 bits per heavy atom. The van der Waals surface area contributed by atoms with Crippen molar-refractivity contribution in [1.82, 2.24) is 0 Å². The summed E-state index contributed by atoms with van der Waals surface area (Å²) in [5.74, 6) is 0. The van der Waals surface area contributed by atoms with E-state index in [0.29, 0.717) is 12.2 Å². The van der Waals surface area contributed by atoms with E-state index in [1.165, 1.54) is 32.1 Å². The number of hydrogen-bond donors (Lipinski definition) is 0. The Morgan fingerprint density at radius 2 is 1.62 bits per heavy atom. The summed E-state index contributed by atoms with van der Waals surface area (Å²) >= 11 is 0. The molecule has 0 aromatic heterocycles. The predicted molar refractivity (Wildman–Crippen MR) is 56.9 cm³/mol. The third-order valence-electron chi connectivity index (χ3n) is 3.17. The molecular formula is C12H24O. The van der Waals surface area contributed by atoms with E-state index in [2.05, 4.69) is 27.7 Å². The minimum Gasteiger partial charge on any atom is -0.375 e. The lowest BCUT2D eigenvalue weighted by Crippen LogP contribution is -2.31. The van der Waals surface area contributed by atoms with E-state index in [1.54, 1.807) is 0 Å². The van der Waals surface area contributed by atoms with E-state index in [0.717, 1.165) is 0 Å². The Hall–Kier alpha value is -0.0400. The molecule has 0 spiro atoms. The molecule has 78 valence electrons. The lowest BCUT2D eigenvalue weighted by Gasteiger charge is -2.33. The first-order chi connectivity index (χ1) is 6.00. The van der Waals surface area contributed by atoms with Crippen molar-refractivity contribution >= 4 is 0 Å². The lowest BCUT2D eigenvalue weighted by molar-refractivity contribution is -0.0683. The summed E-state index contributed by atoms with van der Waals surface area (Å²) in [6, 6.07) is 0. The summed E-state index contributed by atoms with van der Waals surface area (Å²) in [5.41, 5.74) is 0.289. The first-order valence-corrected chi connectivity index (χ1v) is 5.65. The molecule has 0 amide bonds. The molecule has 0 radical (unpaired) electrons. The molecule has 0 saturated heterocycles. The average molecular weight is 184 g/mol. The van der Waals surface area contributed by atoms with Gasteiger partial charge in [-0.15, -0.1) is 0 Å². The summed E-state index contributed by atoms with van der Waals surface area (Å²) in [7, 11) is 0. The molecule has 1 nitrogen and oxygen atoms in total. The minimum atomic E-state index is 0.289. The van der Waals surface area contributed by atoms with E-state index >= 15 is 0 Å². The van der Waals surface area contributed by atoms with Gasteiger partial charge in [0.05, 0.1) is 12.2 Å². The van der Waals surface area contributed by atoms with Gasteiger partial charge < -0.3 is 4.74 Å². The fourth-order valence-corrected chi connectivity index (χ4v) is 1.69. The smallest absolute Gasteiger partial charge is 0.0599 e. The Morgan fingerprint density at radius 1 is 1.08 bits per heavy atom. The molecule has 0 N–H and O–H groups in total. The maximum absolute atomic E-state index is 6.06. The van der Waals surface area contributed by atoms with E-state index in [-0.39, 0.29) is 5.41 Å². The molecule has 0 aromatic rings. The fourth-order valence-electron chi connectivity index (χ4n) is 1.69. The van der Waals surface area contributed by atoms with Gasteiger partial charge in [-0.2, -0.15) is 0 Å². The van der Waals surface area contributed by atoms with E-state index in [9.17, 15) is 0 Å². The van der Waals surface area contributed by atoms with Crippen molar-refractivity contribution in [3.63, 3.8) is 0 Å². The quantitative estimate of drug-likeness (QED) is 0.634.